The molecule has 172 valence electrons. The van der Waals surface area contributed by atoms with E-state index < -0.39 is 0 Å². The summed E-state index contributed by atoms with van der Waals surface area (Å²) in [6, 6.07) is 12.9. The Morgan fingerprint density at radius 3 is 2.42 bits per heavy atom. The maximum atomic E-state index is 5.21. The Labute approximate surface area is 188 Å². The Morgan fingerprint density at radius 1 is 1.06 bits per heavy atom. The lowest BCUT2D eigenvalue weighted by Crippen LogP contribution is -2.53. The van der Waals surface area contributed by atoms with Gasteiger partial charge in [-0.2, -0.15) is 0 Å². The van der Waals surface area contributed by atoms with E-state index in [0.29, 0.717) is 18.1 Å². The summed E-state index contributed by atoms with van der Waals surface area (Å²) in [7, 11) is 3.69. The maximum absolute atomic E-state index is 5.21. The molecule has 0 radical (unpaired) electrons. The second-order valence-corrected chi connectivity index (χ2v) is 9.59. The highest BCUT2D eigenvalue weighted by atomic mass is 16.5. The second-order valence-electron chi connectivity index (χ2n) is 9.59. The van der Waals surface area contributed by atoms with Crippen LogP contribution in [0.3, 0.4) is 0 Å². The van der Waals surface area contributed by atoms with Gasteiger partial charge in [0.15, 0.2) is 5.96 Å². The molecule has 3 saturated heterocycles. The smallest absolute Gasteiger partial charge is 0.191 e. The van der Waals surface area contributed by atoms with Gasteiger partial charge in [-0.1, -0.05) is 30.3 Å². The summed E-state index contributed by atoms with van der Waals surface area (Å²) in [6.07, 6.45) is 7.64. The van der Waals surface area contributed by atoms with Gasteiger partial charge in [0.1, 0.15) is 0 Å². The fourth-order valence-corrected chi connectivity index (χ4v) is 5.71. The SMILES string of the molecule is CN=C(NCC1CCN(CCOC)CC1)NC1CC2CCC(C1)N2Cc1ccccc1. The molecule has 0 aliphatic carbocycles. The first-order chi connectivity index (χ1) is 15.2. The highest BCUT2D eigenvalue weighted by molar-refractivity contribution is 5.80. The average molecular weight is 428 g/mol. The first-order valence-corrected chi connectivity index (χ1v) is 12.2. The van der Waals surface area contributed by atoms with Gasteiger partial charge in [0.2, 0.25) is 0 Å². The average Bonchev–Trinajstić information content (AvgIpc) is 3.04. The van der Waals surface area contributed by atoms with Crippen molar-refractivity contribution in [2.45, 2.75) is 63.2 Å². The van der Waals surface area contributed by atoms with E-state index in [0.717, 1.165) is 38.1 Å². The zero-order valence-electron chi connectivity index (χ0n) is 19.4. The molecule has 2 unspecified atom stereocenters. The van der Waals surface area contributed by atoms with Crippen LogP contribution in [-0.4, -0.2) is 80.8 Å². The van der Waals surface area contributed by atoms with Crippen molar-refractivity contribution < 1.29 is 4.74 Å². The van der Waals surface area contributed by atoms with E-state index >= 15 is 0 Å². The Bertz CT molecular complexity index is 674. The third-order valence-electron chi connectivity index (χ3n) is 7.53. The zero-order chi connectivity index (χ0) is 21.5. The van der Waals surface area contributed by atoms with Crippen LogP contribution in [0.4, 0.5) is 0 Å². The van der Waals surface area contributed by atoms with Gasteiger partial charge in [-0.05, 0) is 63.1 Å². The zero-order valence-corrected chi connectivity index (χ0v) is 19.4. The van der Waals surface area contributed by atoms with Crippen molar-refractivity contribution in [3.05, 3.63) is 35.9 Å². The molecule has 0 spiro atoms. The van der Waals surface area contributed by atoms with Crippen LogP contribution in [0.25, 0.3) is 0 Å². The lowest BCUT2D eigenvalue weighted by Gasteiger charge is -2.39. The van der Waals surface area contributed by atoms with Crippen LogP contribution in [0.5, 0.6) is 0 Å². The van der Waals surface area contributed by atoms with E-state index in [1.54, 1.807) is 7.11 Å². The van der Waals surface area contributed by atoms with Crippen molar-refractivity contribution >= 4 is 5.96 Å². The molecular formula is C25H41N5O. The highest BCUT2D eigenvalue weighted by Crippen LogP contribution is 2.36. The monoisotopic (exact) mass is 427 g/mol. The number of fused-ring (bicyclic) bond motifs is 2. The summed E-state index contributed by atoms with van der Waals surface area (Å²) in [6.45, 7) is 6.39. The molecule has 0 saturated carbocycles. The number of aliphatic imine (C=N–C) groups is 1. The van der Waals surface area contributed by atoms with Gasteiger partial charge in [-0.15, -0.1) is 0 Å². The number of benzene rings is 1. The lowest BCUT2D eigenvalue weighted by molar-refractivity contribution is 0.114. The van der Waals surface area contributed by atoms with Gasteiger partial charge in [0.25, 0.3) is 0 Å². The molecule has 6 heteroatoms. The number of hydrogen-bond acceptors (Lipinski definition) is 4. The molecule has 4 rings (SSSR count). The molecule has 31 heavy (non-hydrogen) atoms. The predicted octanol–water partition coefficient (Wildman–Crippen LogP) is 2.71. The minimum Gasteiger partial charge on any atom is -0.383 e. The topological polar surface area (TPSA) is 52.1 Å². The maximum Gasteiger partial charge on any atom is 0.191 e. The third kappa shape index (κ3) is 6.21. The molecule has 3 fully saturated rings. The van der Waals surface area contributed by atoms with Crippen molar-refractivity contribution in [3.63, 3.8) is 0 Å². The first kappa shape index (κ1) is 22.6. The number of guanidine groups is 1. The van der Waals surface area contributed by atoms with Crippen LogP contribution >= 0.6 is 0 Å². The number of nitrogens with one attached hydrogen (secondary N) is 2. The summed E-state index contributed by atoms with van der Waals surface area (Å²) in [5.74, 6) is 1.73. The molecule has 3 aliphatic heterocycles. The molecule has 3 aliphatic rings. The van der Waals surface area contributed by atoms with Gasteiger partial charge < -0.3 is 20.3 Å². The van der Waals surface area contributed by atoms with Crippen LogP contribution in [0.2, 0.25) is 0 Å². The summed E-state index contributed by atoms with van der Waals surface area (Å²) >= 11 is 0. The number of piperidine rings is 2. The summed E-state index contributed by atoms with van der Waals surface area (Å²) in [5, 5.41) is 7.38. The number of likely N-dealkylation sites (tertiary alicyclic amines) is 1. The fraction of sp³-hybridized carbons (Fsp3) is 0.720. The molecule has 1 aromatic carbocycles. The van der Waals surface area contributed by atoms with Crippen molar-refractivity contribution in [2.24, 2.45) is 10.9 Å². The van der Waals surface area contributed by atoms with Gasteiger partial charge in [-0.3, -0.25) is 9.89 Å². The number of hydrogen-bond donors (Lipinski definition) is 2. The minimum atomic E-state index is 0.534. The Kier molecular flexibility index (Phi) is 8.22. The lowest BCUT2D eigenvalue weighted by atomic mass is 9.96. The van der Waals surface area contributed by atoms with E-state index in [9.17, 15) is 0 Å². The Balaban J connectivity index is 1.20. The number of ether oxygens (including phenoxy) is 1. The highest BCUT2D eigenvalue weighted by Gasteiger charge is 2.40. The molecule has 1 aromatic rings. The number of nitrogens with zero attached hydrogens (tertiary/aromatic N) is 3. The van der Waals surface area contributed by atoms with Gasteiger partial charge >= 0.3 is 0 Å². The minimum absolute atomic E-state index is 0.534. The van der Waals surface area contributed by atoms with E-state index in [1.165, 1.54) is 57.2 Å². The molecule has 2 N–H and O–H groups in total. The van der Waals surface area contributed by atoms with E-state index in [4.69, 9.17) is 4.74 Å². The van der Waals surface area contributed by atoms with E-state index in [2.05, 4.69) is 55.8 Å². The summed E-state index contributed by atoms with van der Waals surface area (Å²) in [5.41, 5.74) is 1.44. The molecule has 0 aromatic heterocycles. The van der Waals surface area contributed by atoms with Crippen molar-refractivity contribution in [3.8, 4) is 0 Å². The predicted molar refractivity (Wildman–Crippen MR) is 127 cm³/mol. The van der Waals surface area contributed by atoms with Crippen LogP contribution < -0.4 is 10.6 Å². The molecule has 2 atom stereocenters. The molecule has 6 nitrogen and oxygen atoms in total. The standard InChI is InChI=1S/C25H41N5O/c1-26-25(27-18-20-10-12-29(13-11-20)14-15-31-2)28-22-16-23-8-9-24(17-22)30(23)19-21-6-4-3-5-7-21/h3-7,20,22-24H,8-19H2,1-2H3,(H2,26,27,28). The third-order valence-corrected chi connectivity index (χ3v) is 7.53. The van der Waals surface area contributed by atoms with Crippen molar-refractivity contribution in [2.75, 3.05) is 46.9 Å². The summed E-state index contributed by atoms with van der Waals surface area (Å²) < 4.78 is 5.21. The fourth-order valence-electron chi connectivity index (χ4n) is 5.71. The van der Waals surface area contributed by atoms with Crippen LogP contribution in [0.15, 0.2) is 35.3 Å². The largest absolute Gasteiger partial charge is 0.383 e. The Hall–Kier alpha value is -1.63. The van der Waals surface area contributed by atoms with E-state index in [1.807, 2.05) is 7.05 Å². The normalized spacial score (nSPS) is 28.1. The molecule has 3 heterocycles. The summed E-state index contributed by atoms with van der Waals surface area (Å²) in [4.78, 5) is 9.80. The van der Waals surface area contributed by atoms with Crippen LogP contribution in [0.1, 0.15) is 44.1 Å². The number of methoxy groups -OCH3 is 1. The van der Waals surface area contributed by atoms with Gasteiger partial charge in [0.05, 0.1) is 6.61 Å². The molecule has 2 bridgehead atoms. The first-order valence-electron chi connectivity index (χ1n) is 12.2. The molecular weight excluding hydrogens is 386 g/mol. The van der Waals surface area contributed by atoms with Gasteiger partial charge in [-0.25, -0.2) is 0 Å². The van der Waals surface area contributed by atoms with Gasteiger partial charge in [0, 0.05) is 51.9 Å². The molecule has 0 amide bonds. The van der Waals surface area contributed by atoms with Crippen molar-refractivity contribution in [1.29, 1.82) is 0 Å². The van der Waals surface area contributed by atoms with Crippen LogP contribution in [-0.2, 0) is 11.3 Å². The van der Waals surface area contributed by atoms with Crippen LogP contribution in [0, 0.1) is 5.92 Å². The number of rotatable bonds is 8. The quantitative estimate of drug-likeness (QED) is 0.494. The van der Waals surface area contributed by atoms with E-state index in [-0.39, 0.29) is 0 Å². The second kappa shape index (κ2) is 11.3. The Morgan fingerprint density at radius 2 is 1.77 bits per heavy atom. The van der Waals surface area contributed by atoms with Crippen molar-refractivity contribution in [1.82, 2.24) is 20.4 Å².